The van der Waals surface area contributed by atoms with Crippen molar-refractivity contribution in [3.05, 3.63) is 0 Å². The summed E-state index contributed by atoms with van der Waals surface area (Å²) < 4.78 is 0. The minimum absolute atomic E-state index is 0.346. The van der Waals surface area contributed by atoms with Gasteiger partial charge < -0.3 is 10.6 Å². The van der Waals surface area contributed by atoms with Gasteiger partial charge >= 0.3 is 0 Å². The van der Waals surface area contributed by atoms with Gasteiger partial charge in [0.2, 0.25) is 0 Å². The summed E-state index contributed by atoms with van der Waals surface area (Å²) in [6.45, 7) is 7.77. The summed E-state index contributed by atoms with van der Waals surface area (Å²) in [5.41, 5.74) is 6.01. The number of rotatable bonds is 7. The molecule has 0 aliphatic rings. The largest absolute Gasteiger partial charge is 0.327 e. The molecule has 0 saturated carbocycles. The molecule has 0 heterocycles. The van der Waals surface area contributed by atoms with E-state index in [1.807, 2.05) is 11.8 Å². The fraction of sp³-hybridized carbons (Fsp3) is 1.00. The van der Waals surface area contributed by atoms with Gasteiger partial charge in [-0.25, -0.2) is 0 Å². The molecule has 2 N–H and O–H groups in total. The molecule has 0 radical (unpaired) electrons. The van der Waals surface area contributed by atoms with Gasteiger partial charge in [0, 0.05) is 17.8 Å². The van der Waals surface area contributed by atoms with E-state index in [2.05, 4.69) is 39.0 Å². The van der Waals surface area contributed by atoms with Crippen LogP contribution in [0.3, 0.4) is 0 Å². The summed E-state index contributed by atoms with van der Waals surface area (Å²) in [6, 6.07) is 1.00. The molecular weight excluding hydrogens is 192 g/mol. The van der Waals surface area contributed by atoms with E-state index >= 15 is 0 Å². The first-order valence-corrected chi connectivity index (χ1v) is 6.83. The summed E-state index contributed by atoms with van der Waals surface area (Å²) in [7, 11) is 2.19. The molecule has 0 bridgehead atoms. The van der Waals surface area contributed by atoms with E-state index in [1.165, 1.54) is 5.75 Å². The third-order valence-corrected chi connectivity index (χ3v) is 3.65. The molecule has 0 fully saturated rings. The molecule has 0 aromatic carbocycles. The summed E-state index contributed by atoms with van der Waals surface area (Å²) in [5.74, 6) is 1.80. The number of nitrogens with two attached hydrogens (primary N) is 1. The monoisotopic (exact) mass is 218 g/mol. The molecule has 0 aromatic rings. The first-order valence-electron chi connectivity index (χ1n) is 5.43. The van der Waals surface area contributed by atoms with Crippen LogP contribution in [0.4, 0.5) is 0 Å². The van der Waals surface area contributed by atoms with Crippen molar-refractivity contribution in [3.8, 4) is 0 Å². The van der Waals surface area contributed by atoms with Crippen LogP contribution in [0.2, 0.25) is 0 Å². The third-order valence-electron chi connectivity index (χ3n) is 2.83. The Kier molecular flexibility index (Phi) is 7.69. The highest BCUT2D eigenvalue weighted by molar-refractivity contribution is 7.98. The second-order valence-electron chi connectivity index (χ2n) is 4.48. The third kappa shape index (κ3) is 5.89. The minimum Gasteiger partial charge on any atom is -0.327 e. The van der Waals surface area contributed by atoms with Crippen LogP contribution in [0.5, 0.6) is 0 Å². The Balaban J connectivity index is 3.67. The van der Waals surface area contributed by atoms with Crippen LogP contribution < -0.4 is 5.73 Å². The van der Waals surface area contributed by atoms with E-state index in [0.29, 0.717) is 18.0 Å². The summed E-state index contributed by atoms with van der Waals surface area (Å²) in [5, 5.41) is 0. The molecule has 0 aliphatic heterocycles. The van der Waals surface area contributed by atoms with Crippen molar-refractivity contribution >= 4 is 11.8 Å². The van der Waals surface area contributed by atoms with Gasteiger partial charge in [-0.15, -0.1) is 0 Å². The molecule has 0 spiro atoms. The number of thioether (sulfide) groups is 1. The van der Waals surface area contributed by atoms with E-state index < -0.39 is 0 Å². The Labute approximate surface area is 93.6 Å². The molecule has 0 rings (SSSR count). The molecule has 0 aromatic heterocycles. The maximum atomic E-state index is 6.01. The van der Waals surface area contributed by atoms with Gasteiger partial charge in [-0.05, 0) is 39.1 Å². The summed E-state index contributed by atoms with van der Waals surface area (Å²) in [4.78, 5) is 2.40. The average molecular weight is 218 g/mol. The lowest BCUT2D eigenvalue weighted by molar-refractivity contribution is 0.257. The first kappa shape index (κ1) is 14.3. The SMILES string of the molecule is CSCC(C)N(C)CCC(N)C(C)C. The Bertz CT molecular complexity index is 139. The number of hydrogen-bond donors (Lipinski definition) is 1. The normalized spacial score (nSPS) is 16.3. The van der Waals surface area contributed by atoms with Crippen LogP contribution in [-0.2, 0) is 0 Å². The zero-order valence-corrected chi connectivity index (χ0v) is 11.1. The standard InChI is InChI=1S/C11H26N2S/c1-9(2)11(12)6-7-13(4)10(3)8-14-5/h9-11H,6-8,12H2,1-5H3. The van der Waals surface area contributed by atoms with Crippen LogP contribution in [0.25, 0.3) is 0 Å². The summed E-state index contributed by atoms with van der Waals surface area (Å²) >= 11 is 1.91. The van der Waals surface area contributed by atoms with Crippen LogP contribution in [-0.4, -0.2) is 42.6 Å². The van der Waals surface area contributed by atoms with Gasteiger partial charge in [0.1, 0.15) is 0 Å². The molecule has 86 valence electrons. The lowest BCUT2D eigenvalue weighted by Crippen LogP contribution is -2.36. The van der Waals surface area contributed by atoms with Crippen LogP contribution in [0.1, 0.15) is 27.2 Å². The van der Waals surface area contributed by atoms with Gasteiger partial charge in [-0.1, -0.05) is 13.8 Å². The molecule has 2 atom stereocenters. The van der Waals surface area contributed by atoms with Crippen molar-refractivity contribution < 1.29 is 0 Å². The van der Waals surface area contributed by atoms with E-state index in [4.69, 9.17) is 5.73 Å². The van der Waals surface area contributed by atoms with Crippen molar-refractivity contribution in [2.45, 2.75) is 39.3 Å². The Morgan fingerprint density at radius 2 is 1.86 bits per heavy atom. The molecule has 2 unspecified atom stereocenters. The average Bonchev–Trinajstić information content (AvgIpc) is 2.13. The minimum atomic E-state index is 0.346. The van der Waals surface area contributed by atoms with Crippen molar-refractivity contribution in [2.75, 3.05) is 25.6 Å². The van der Waals surface area contributed by atoms with Crippen molar-refractivity contribution in [1.29, 1.82) is 0 Å². The second kappa shape index (κ2) is 7.55. The Morgan fingerprint density at radius 3 is 2.29 bits per heavy atom. The molecular formula is C11H26N2S. The number of nitrogens with zero attached hydrogens (tertiary/aromatic N) is 1. The van der Waals surface area contributed by atoms with E-state index in [-0.39, 0.29) is 0 Å². The fourth-order valence-electron chi connectivity index (χ4n) is 1.27. The van der Waals surface area contributed by atoms with Crippen molar-refractivity contribution in [2.24, 2.45) is 11.7 Å². The van der Waals surface area contributed by atoms with Gasteiger partial charge in [-0.2, -0.15) is 11.8 Å². The van der Waals surface area contributed by atoms with E-state index in [0.717, 1.165) is 13.0 Å². The van der Waals surface area contributed by atoms with Gasteiger partial charge in [-0.3, -0.25) is 0 Å². The molecule has 2 nitrogen and oxygen atoms in total. The maximum Gasteiger partial charge on any atom is 0.0154 e. The maximum absolute atomic E-state index is 6.01. The lowest BCUT2D eigenvalue weighted by atomic mass is 10.0. The highest BCUT2D eigenvalue weighted by Gasteiger charge is 2.12. The fourth-order valence-corrected chi connectivity index (χ4v) is 2.01. The predicted molar refractivity (Wildman–Crippen MR) is 67.9 cm³/mol. The summed E-state index contributed by atoms with van der Waals surface area (Å²) in [6.07, 6.45) is 3.26. The van der Waals surface area contributed by atoms with Crippen LogP contribution in [0, 0.1) is 5.92 Å². The first-order chi connectivity index (χ1) is 6.49. The smallest absolute Gasteiger partial charge is 0.0154 e. The topological polar surface area (TPSA) is 29.3 Å². The second-order valence-corrected chi connectivity index (χ2v) is 5.39. The molecule has 0 saturated heterocycles. The quantitative estimate of drug-likeness (QED) is 0.709. The van der Waals surface area contributed by atoms with E-state index in [9.17, 15) is 0 Å². The van der Waals surface area contributed by atoms with Gasteiger partial charge in [0.05, 0.1) is 0 Å². The predicted octanol–water partition coefficient (Wildman–Crippen LogP) is 2.04. The van der Waals surface area contributed by atoms with Gasteiger partial charge in [0.15, 0.2) is 0 Å². The van der Waals surface area contributed by atoms with Crippen molar-refractivity contribution in [1.82, 2.24) is 4.90 Å². The number of hydrogen-bond acceptors (Lipinski definition) is 3. The van der Waals surface area contributed by atoms with Gasteiger partial charge in [0.25, 0.3) is 0 Å². The highest BCUT2D eigenvalue weighted by Crippen LogP contribution is 2.07. The molecule has 3 heteroatoms. The zero-order chi connectivity index (χ0) is 11.1. The highest BCUT2D eigenvalue weighted by atomic mass is 32.2. The Morgan fingerprint density at radius 1 is 1.29 bits per heavy atom. The van der Waals surface area contributed by atoms with E-state index in [1.54, 1.807) is 0 Å². The Hall–Kier alpha value is 0.270. The molecule has 0 aliphatic carbocycles. The van der Waals surface area contributed by atoms with Crippen molar-refractivity contribution in [3.63, 3.8) is 0 Å². The molecule has 14 heavy (non-hydrogen) atoms. The lowest BCUT2D eigenvalue weighted by Gasteiger charge is -2.26. The van der Waals surface area contributed by atoms with Crippen LogP contribution >= 0.6 is 11.8 Å². The zero-order valence-electron chi connectivity index (χ0n) is 10.3. The van der Waals surface area contributed by atoms with Crippen LogP contribution in [0.15, 0.2) is 0 Å². The molecule has 0 amide bonds.